The Balaban J connectivity index is 1.20. The maximum Gasteiger partial charge on any atom is 0.410 e. The van der Waals surface area contributed by atoms with Crippen LogP contribution < -0.4 is 0 Å². The van der Waals surface area contributed by atoms with E-state index in [1.165, 1.54) is 0 Å². The van der Waals surface area contributed by atoms with Crippen molar-refractivity contribution in [1.29, 1.82) is 0 Å². The van der Waals surface area contributed by atoms with E-state index < -0.39 is 5.60 Å². The molecular weight excluding hydrogens is 396 g/mol. The second kappa shape index (κ2) is 10.8. The van der Waals surface area contributed by atoms with Gasteiger partial charge in [0.25, 0.3) is 0 Å². The van der Waals surface area contributed by atoms with Gasteiger partial charge in [0.15, 0.2) is 0 Å². The molecule has 7 heteroatoms. The van der Waals surface area contributed by atoms with Gasteiger partial charge in [-0.2, -0.15) is 0 Å². The number of carbonyl (C=O) groups excluding carboxylic acids is 2. The van der Waals surface area contributed by atoms with Crippen LogP contribution in [0.2, 0.25) is 0 Å². The maximum absolute atomic E-state index is 12.1. The van der Waals surface area contributed by atoms with Gasteiger partial charge in [0.05, 0.1) is 19.2 Å². The van der Waals surface area contributed by atoms with Gasteiger partial charge in [-0.1, -0.05) is 30.3 Å². The number of piperidine rings is 1. The third kappa shape index (κ3) is 7.73. The van der Waals surface area contributed by atoms with Crippen LogP contribution in [0.1, 0.15) is 52.0 Å². The summed E-state index contributed by atoms with van der Waals surface area (Å²) in [6.07, 6.45) is 3.78. The Kier molecular flexibility index (Phi) is 8.18. The highest BCUT2D eigenvalue weighted by molar-refractivity contribution is 5.69. The Labute approximate surface area is 185 Å². The summed E-state index contributed by atoms with van der Waals surface area (Å²) < 4.78 is 16.7. The summed E-state index contributed by atoms with van der Waals surface area (Å²) in [4.78, 5) is 27.7. The van der Waals surface area contributed by atoms with Crippen molar-refractivity contribution < 1.29 is 23.8 Å². The normalized spacial score (nSPS) is 17.9. The summed E-state index contributed by atoms with van der Waals surface area (Å²) in [5, 5.41) is 0. The van der Waals surface area contributed by atoms with Crippen molar-refractivity contribution in [3.8, 4) is 0 Å². The second-order valence-corrected chi connectivity index (χ2v) is 9.49. The van der Waals surface area contributed by atoms with Gasteiger partial charge in [-0.05, 0) is 57.9 Å². The summed E-state index contributed by atoms with van der Waals surface area (Å²) in [5.74, 6) is 0.633. The first-order valence-corrected chi connectivity index (χ1v) is 11.4. The molecule has 0 unspecified atom stereocenters. The molecule has 172 valence electrons. The molecule has 1 aromatic rings. The molecule has 1 aromatic carbocycles. The third-order valence-corrected chi connectivity index (χ3v) is 5.69. The maximum atomic E-state index is 12.1. The molecule has 2 fully saturated rings. The number of nitrogens with zero attached hydrogens (tertiary/aromatic N) is 2. The average molecular weight is 433 g/mol. The van der Waals surface area contributed by atoms with E-state index in [0.717, 1.165) is 44.3 Å². The van der Waals surface area contributed by atoms with Crippen LogP contribution in [0.25, 0.3) is 0 Å². The molecule has 31 heavy (non-hydrogen) atoms. The van der Waals surface area contributed by atoms with E-state index in [9.17, 15) is 9.59 Å². The van der Waals surface area contributed by atoms with Crippen molar-refractivity contribution in [1.82, 2.24) is 9.80 Å². The molecule has 0 aromatic heterocycles. The summed E-state index contributed by atoms with van der Waals surface area (Å²) >= 11 is 0. The second-order valence-electron chi connectivity index (χ2n) is 9.49. The number of likely N-dealkylation sites (tertiary alicyclic amines) is 2. The highest BCUT2D eigenvalue weighted by atomic mass is 16.6. The molecular formula is C24H36N2O5. The Morgan fingerprint density at radius 1 is 1.00 bits per heavy atom. The van der Waals surface area contributed by atoms with Gasteiger partial charge >= 0.3 is 12.2 Å². The van der Waals surface area contributed by atoms with Gasteiger partial charge in [0.1, 0.15) is 12.2 Å². The quantitative estimate of drug-likeness (QED) is 0.596. The lowest BCUT2D eigenvalue weighted by Crippen LogP contribution is -2.54. The Morgan fingerprint density at radius 3 is 2.32 bits per heavy atom. The van der Waals surface area contributed by atoms with Crippen molar-refractivity contribution in [2.24, 2.45) is 5.92 Å². The molecule has 0 aliphatic carbocycles. The van der Waals surface area contributed by atoms with Gasteiger partial charge in [-0.25, -0.2) is 9.59 Å². The molecule has 0 atom stereocenters. The Morgan fingerprint density at radius 2 is 1.68 bits per heavy atom. The average Bonchev–Trinajstić information content (AvgIpc) is 2.70. The zero-order valence-corrected chi connectivity index (χ0v) is 19.0. The van der Waals surface area contributed by atoms with Crippen molar-refractivity contribution in [2.45, 2.75) is 64.8 Å². The lowest BCUT2D eigenvalue weighted by Gasteiger charge is -2.38. The lowest BCUT2D eigenvalue weighted by atomic mass is 9.92. The van der Waals surface area contributed by atoms with E-state index in [1.807, 2.05) is 56.0 Å². The minimum Gasteiger partial charge on any atom is -0.445 e. The summed E-state index contributed by atoms with van der Waals surface area (Å²) in [6, 6.07) is 9.69. The number of ether oxygens (including phenoxy) is 3. The molecule has 2 aliphatic rings. The molecule has 0 radical (unpaired) electrons. The fourth-order valence-electron chi connectivity index (χ4n) is 3.86. The smallest absolute Gasteiger partial charge is 0.410 e. The van der Waals surface area contributed by atoms with E-state index in [1.54, 1.807) is 4.90 Å². The number of hydrogen-bond acceptors (Lipinski definition) is 5. The molecule has 2 aliphatic heterocycles. The first-order chi connectivity index (χ1) is 14.8. The van der Waals surface area contributed by atoms with Gasteiger partial charge in [-0.15, -0.1) is 0 Å². The van der Waals surface area contributed by atoms with Crippen molar-refractivity contribution in [3.05, 3.63) is 35.9 Å². The Bertz CT molecular complexity index is 704. The highest BCUT2D eigenvalue weighted by Crippen LogP contribution is 2.24. The number of hydrogen-bond donors (Lipinski definition) is 0. The predicted molar refractivity (Wildman–Crippen MR) is 118 cm³/mol. The highest BCUT2D eigenvalue weighted by Gasteiger charge is 2.32. The minimum absolute atomic E-state index is 0.110. The third-order valence-electron chi connectivity index (χ3n) is 5.69. The standard InChI is InChI=1S/C24H36N2O5/c1-24(2,3)31-23(28)25-13-11-19(12-14-25)10-7-15-29-21-16-26(17-21)22(27)30-18-20-8-5-4-6-9-20/h4-6,8-9,19,21H,7,10-18H2,1-3H3. The zero-order chi connectivity index (χ0) is 22.3. The predicted octanol–water partition coefficient (Wildman–Crippen LogP) is 4.45. The van der Waals surface area contributed by atoms with Crippen LogP contribution in [0, 0.1) is 5.92 Å². The van der Waals surface area contributed by atoms with Crippen LogP contribution in [-0.4, -0.2) is 66.5 Å². The largest absolute Gasteiger partial charge is 0.445 e. The molecule has 2 amide bonds. The van der Waals surface area contributed by atoms with E-state index in [0.29, 0.717) is 32.2 Å². The summed E-state index contributed by atoms with van der Waals surface area (Å²) in [6.45, 7) is 9.43. The fraction of sp³-hybridized carbons (Fsp3) is 0.667. The van der Waals surface area contributed by atoms with Crippen molar-refractivity contribution >= 4 is 12.2 Å². The summed E-state index contributed by atoms with van der Waals surface area (Å²) in [7, 11) is 0. The van der Waals surface area contributed by atoms with Gasteiger partial charge in [0.2, 0.25) is 0 Å². The SMILES string of the molecule is CC(C)(C)OC(=O)N1CCC(CCCOC2CN(C(=O)OCc3ccccc3)C2)CC1. The first-order valence-electron chi connectivity index (χ1n) is 11.4. The molecule has 0 bridgehead atoms. The van der Waals surface area contributed by atoms with E-state index in [2.05, 4.69) is 0 Å². The number of carbonyl (C=O) groups is 2. The molecule has 0 spiro atoms. The zero-order valence-electron chi connectivity index (χ0n) is 19.0. The van der Waals surface area contributed by atoms with Crippen LogP contribution in [0.15, 0.2) is 30.3 Å². The number of amides is 2. The summed E-state index contributed by atoms with van der Waals surface area (Å²) in [5.41, 5.74) is 0.544. The van der Waals surface area contributed by atoms with Crippen LogP contribution in [0.3, 0.4) is 0 Å². The van der Waals surface area contributed by atoms with Gasteiger partial charge in [-0.3, -0.25) is 0 Å². The lowest BCUT2D eigenvalue weighted by molar-refractivity contribution is -0.0524. The van der Waals surface area contributed by atoms with Crippen molar-refractivity contribution in [2.75, 3.05) is 32.8 Å². The molecule has 2 heterocycles. The fourth-order valence-corrected chi connectivity index (χ4v) is 3.86. The molecule has 0 saturated carbocycles. The minimum atomic E-state index is -0.443. The molecule has 7 nitrogen and oxygen atoms in total. The molecule has 0 N–H and O–H groups in total. The van der Waals surface area contributed by atoms with E-state index in [4.69, 9.17) is 14.2 Å². The Hall–Kier alpha value is -2.28. The molecule has 2 saturated heterocycles. The van der Waals surface area contributed by atoms with Crippen LogP contribution in [0.4, 0.5) is 9.59 Å². The number of benzene rings is 1. The van der Waals surface area contributed by atoms with Crippen molar-refractivity contribution in [3.63, 3.8) is 0 Å². The topological polar surface area (TPSA) is 68.3 Å². The molecule has 3 rings (SSSR count). The van der Waals surface area contributed by atoms with E-state index >= 15 is 0 Å². The van der Waals surface area contributed by atoms with Crippen LogP contribution >= 0.6 is 0 Å². The van der Waals surface area contributed by atoms with Crippen LogP contribution in [0.5, 0.6) is 0 Å². The van der Waals surface area contributed by atoms with Gasteiger partial charge < -0.3 is 24.0 Å². The van der Waals surface area contributed by atoms with E-state index in [-0.39, 0.29) is 18.3 Å². The van der Waals surface area contributed by atoms with Gasteiger partial charge in [0, 0.05) is 19.7 Å². The first kappa shape index (κ1) is 23.4. The monoisotopic (exact) mass is 432 g/mol. The number of rotatable bonds is 7. The van der Waals surface area contributed by atoms with Crippen LogP contribution in [-0.2, 0) is 20.8 Å².